The van der Waals surface area contributed by atoms with Crippen molar-refractivity contribution in [2.24, 2.45) is 0 Å². The normalized spacial score (nSPS) is 11.8. The van der Waals surface area contributed by atoms with E-state index < -0.39 is 4.75 Å². The molecule has 0 aliphatic rings. The molecule has 0 atom stereocenters. The Morgan fingerprint density at radius 1 is 1.38 bits per heavy atom. The molecule has 0 radical (unpaired) electrons. The van der Waals surface area contributed by atoms with Gasteiger partial charge in [0.15, 0.2) is 0 Å². The first-order chi connectivity index (χ1) is 5.82. The number of benzene rings is 1. The predicted molar refractivity (Wildman–Crippen MR) is 58.2 cm³/mol. The topological polar surface area (TPSA) is 0 Å². The fourth-order valence-corrected chi connectivity index (χ4v) is 1.82. The third kappa shape index (κ3) is 2.38. The highest BCUT2D eigenvalue weighted by Gasteiger charge is 2.19. The van der Waals surface area contributed by atoms with Gasteiger partial charge in [-0.15, -0.1) is 0 Å². The number of rotatable bonds is 1. The predicted octanol–water partition coefficient (Wildman–Crippen LogP) is 3.95. The Kier molecular flexibility index (Phi) is 2.93. The van der Waals surface area contributed by atoms with Crippen LogP contribution in [0.1, 0.15) is 25.0 Å². The van der Waals surface area contributed by atoms with E-state index in [1.165, 1.54) is 6.07 Å². The fraction of sp³-hybridized carbons (Fsp3) is 0.400. The Hall–Kier alpha value is -0.210. The van der Waals surface area contributed by atoms with Gasteiger partial charge in [-0.3, -0.25) is 0 Å². The summed E-state index contributed by atoms with van der Waals surface area (Å²) >= 11 is 10.3. The van der Waals surface area contributed by atoms with E-state index in [9.17, 15) is 4.39 Å². The summed E-state index contributed by atoms with van der Waals surface area (Å²) in [5.41, 5.74) is 1.28. The second kappa shape index (κ2) is 3.50. The van der Waals surface area contributed by atoms with Crippen LogP contribution < -0.4 is 0 Å². The molecule has 0 amide bonds. The van der Waals surface area contributed by atoms with Gasteiger partial charge in [-0.25, -0.2) is 4.39 Å². The second-order valence-electron chi connectivity index (χ2n) is 3.64. The number of thiol groups is 1. The van der Waals surface area contributed by atoms with Crippen molar-refractivity contribution < 1.29 is 4.39 Å². The number of aryl methyl sites for hydroxylation is 1. The van der Waals surface area contributed by atoms with Crippen LogP contribution in [0.5, 0.6) is 0 Å². The molecule has 0 heterocycles. The molecule has 0 fully saturated rings. The largest absolute Gasteiger partial charge is 0.207 e. The van der Waals surface area contributed by atoms with Crippen LogP contribution in [-0.4, -0.2) is 0 Å². The lowest BCUT2D eigenvalue weighted by Crippen LogP contribution is -2.09. The first kappa shape index (κ1) is 10.9. The molecule has 0 saturated carbocycles. The molecule has 0 N–H and O–H groups in total. The van der Waals surface area contributed by atoms with Crippen molar-refractivity contribution in [2.75, 3.05) is 0 Å². The summed E-state index contributed by atoms with van der Waals surface area (Å²) < 4.78 is 12.8. The number of hydrogen-bond donors (Lipinski definition) is 1. The van der Waals surface area contributed by atoms with Crippen molar-refractivity contribution in [3.05, 3.63) is 34.1 Å². The number of halogens is 2. The summed E-state index contributed by atoms with van der Waals surface area (Å²) in [6.07, 6.45) is 0. The lowest BCUT2D eigenvalue weighted by molar-refractivity contribution is 0.612. The van der Waals surface area contributed by atoms with Gasteiger partial charge in [0.2, 0.25) is 0 Å². The molecule has 3 heteroatoms. The van der Waals surface area contributed by atoms with Gasteiger partial charge < -0.3 is 0 Å². The molecule has 1 aromatic carbocycles. The Bertz CT molecular complexity index is 328. The molecule has 0 aliphatic carbocycles. The molecule has 0 aliphatic heterocycles. The highest BCUT2D eigenvalue weighted by atomic mass is 35.5. The maximum Gasteiger partial charge on any atom is 0.126 e. The van der Waals surface area contributed by atoms with Crippen LogP contribution in [0.25, 0.3) is 0 Å². The Balaban J connectivity index is 3.32. The molecule has 0 unspecified atom stereocenters. The fourth-order valence-electron chi connectivity index (χ4n) is 1.12. The molecule has 0 nitrogen and oxygen atoms in total. The summed E-state index contributed by atoms with van der Waals surface area (Å²) in [4.78, 5) is 0. The lowest BCUT2D eigenvalue weighted by atomic mass is 10.0. The summed E-state index contributed by atoms with van der Waals surface area (Å²) in [6.45, 7) is 5.45. The Morgan fingerprint density at radius 2 is 1.92 bits per heavy atom. The molecule has 13 heavy (non-hydrogen) atoms. The van der Waals surface area contributed by atoms with Gasteiger partial charge in [0.05, 0.1) is 0 Å². The van der Waals surface area contributed by atoms with Crippen molar-refractivity contribution in [3.8, 4) is 0 Å². The maximum atomic E-state index is 13.2. The zero-order valence-electron chi connectivity index (χ0n) is 7.86. The first-order valence-electron chi connectivity index (χ1n) is 4.01. The average Bonchev–Trinajstić information content (AvgIpc) is 1.94. The average molecular weight is 219 g/mol. The molecular formula is C10H12ClFS. The van der Waals surface area contributed by atoms with Gasteiger partial charge in [0.25, 0.3) is 0 Å². The van der Waals surface area contributed by atoms with Gasteiger partial charge >= 0.3 is 0 Å². The molecule has 1 rings (SSSR count). The van der Waals surface area contributed by atoms with E-state index in [1.54, 1.807) is 13.0 Å². The van der Waals surface area contributed by atoms with E-state index >= 15 is 0 Å². The third-order valence-electron chi connectivity index (χ3n) is 1.91. The second-order valence-corrected chi connectivity index (χ2v) is 5.17. The molecule has 0 bridgehead atoms. The first-order valence-corrected chi connectivity index (χ1v) is 4.83. The van der Waals surface area contributed by atoms with Crippen LogP contribution in [-0.2, 0) is 4.75 Å². The van der Waals surface area contributed by atoms with Crippen molar-refractivity contribution in [3.63, 3.8) is 0 Å². The van der Waals surface area contributed by atoms with Gasteiger partial charge in [-0.2, -0.15) is 12.6 Å². The van der Waals surface area contributed by atoms with Crippen molar-refractivity contribution in [2.45, 2.75) is 25.5 Å². The Morgan fingerprint density at radius 3 is 2.38 bits per heavy atom. The van der Waals surface area contributed by atoms with Crippen molar-refractivity contribution in [1.82, 2.24) is 0 Å². The van der Waals surface area contributed by atoms with Crippen molar-refractivity contribution >= 4 is 24.2 Å². The van der Waals surface area contributed by atoms with Crippen LogP contribution in [0.3, 0.4) is 0 Å². The van der Waals surface area contributed by atoms with Crippen molar-refractivity contribution in [1.29, 1.82) is 0 Å². The minimum atomic E-state index is -0.411. The maximum absolute atomic E-state index is 13.2. The highest BCUT2D eigenvalue weighted by Crippen LogP contribution is 2.34. The van der Waals surface area contributed by atoms with Gasteiger partial charge in [-0.05, 0) is 44.0 Å². The summed E-state index contributed by atoms with van der Waals surface area (Å²) in [7, 11) is 0. The monoisotopic (exact) mass is 218 g/mol. The quantitative estimate of drug-likeness (QED) is 0.678. The molecule has 0 spiro atoms. The molecule has 1 aromatic rings. The van der Waals surface area contributed by atoms with E-state index in [4.69, 9.17) is 11.6 Å². The number of hydrogen-bond acceptors (Lipinski definition) is 1. The van der Waals surface area contributed by atoms with Gasteiger partial charge in [0, 0.05) is 9.77 Å². The van der Waals surface area contributed by atoms with E-state index in [1.807, 2.05) is 13.8 Å². The van der Waals surface area contributed by atoms with Crippen LogP contribution in [0, 0.1) is 12.7 Å². The molecule has 0 saturated heterocycles. The van der Waals surface area contributed by atoms with E-state index in [-0.39, 0.29) is 5.82 Å². The van der Waals surface area contributed by atoms with E-state index in [2.05, 4.69) is 12.6 Å². The SMILES string of the molecule is Cc1cc(Cl)c(C(C)(C)S)cc1F. The van der Waals surface area contributed by atoms with Crippen LogP contribution in [0.2, 0.25) is 5.02 Å². The summed E-state index contributed by atoms with van der Waals surface area (Å²) in [6, 6.07) is 3.08. The standard InChI is InChI=1S/C10H12ClFS/c1-6-4-8(11)7(5-9(6)12)10(2,3)13/h4-5,13H,1-3H3. The Labute approximate surface area is 88.5 Å². The smallest absolute Gasteiger partial charge is 0.126 e. The summed E-state index contributed by atoms with van der Waals surface area (Å²) in [5, 5.41) is 0.568. The minimum Gasteiger partial charge on any atom is -0.207 e. The zero-order chi connectivity index (χ0) is 10.2. The van der Waals surface area contributed by atoms with Crippen LogP contribution in [0.4, 0.5) is 4.39 Å². The lowest BCUT2D eigenvalue weighted by Gasteiger charge is -2.20. The third-order valence-corrected chi connectivity index (χ3v) is 2.46. The van der Waals surface area contributed by atoms with Crippen LogP contribution in [0.15, 0.2) is 12.1 Å². The zero-order valence-corrected chi connectivity index (χ0v) is 9.51. The molecule has 72 valence electrons. The van der Waals surface area contributed by atoms with E-state index in [0.717, 1.165) is 5.56 Å². The van der Waals surface area contributed by atoms with Gasteiger partial charge in [0.1, 0.15) is 5.82 Å². The van der Waals surface area contributed by atoms with Crippen LogP contribution >= 0.6 is 24.2 Å². The molecular weight excluding hydrogens is 207 g/mol. The van der Waals surface area contributed by atoms with E-state index in [0.29, 0.717) is 10.6 Å². The van der Waals surface area contributed by atoms with Gasteiger partial charge in [-0.1, -0.05) is 11.6 Å². The highest BCUT2D eigenvalue weighted by molar-refractivity contribution is 7.81. The minimum absolute atomic E-state index is 0.235. The molecule has 0 aromatic heterocycles. The summed E-state index contributed by atoms with van der Waals surface area (Å²) in [5.74, 6) is -0.235.